The Labute approximate surface area is 187 Å². The summed E-state index contributed by atoms with van der Waals surface area (Å²) in [6.07, 6.45) is 2.45. The van der Waals surface area contributed by atoms with E-state index in [0.717, 1.165) is 30.4 Å². The lowest BCUT2D eigenvalue weighted by Crippen LogP contribution is -2.57. The maximum absolute atomic E-state index is 13.2. The predicted octanol–water partition coefficient (Wildman–Crippen LogP) is 1.65. The first kappa shape index (κ1) is 21.4. The van der Waals surface area contributed by atoms with Gasteiger partial charge in [-0.2, -0.15) is 5.26 Å². The second-order valence-corrected chi connectivity index (χ2v) is 9.96. The van der Waals surface area contributed by atoms with Crippen LogP contribution < -0.4 is 5.73 Å². The molecule has 3 unspecified atom stereocenters. The van der Waals surface area contributed by atoms with E-state index in [-0.39, 0.29) is 42.0 Å². The van der Waals surface area contributed by atoms with Gasteiger partial charge in [-0.1, -0.05) is 23.8 Å². The Balaban J connectivity index is 1.24. The Hall–Kier alpha value is -2.50. The lowest BCUT2D eigenvalue weighted by atomic mass is 10.00. The Morgan fingerprint density at radius 3 is 2.78 bits per heavy atom. The first-order chi connectivity index (χ1) is 15.3. The zero-order valence-corrected chi connectivity index (χ0v) is 18.6. The lowest BCUT2D eigenvalue weighted by Gasteiger charge is -2.38. The first-order valence-corrected chi connectivity index (χ1v) is 11.5. The van der Waals surface area contributed by atoms with E-state index in [4.69, 9.17) is 5.73 Å². The number of amides is 2. The molecule has 3 saturated heterocycles. The van der Waals surface area contributed by atoms with Crippen molar-refractivity contribution in [1.82, 2.24) is 14.7 Å². The number of alkyl halides is 1. The summed E-state index contributed by atoms with van der Waals surface area (Å²) in [5.74, 6) is 0.338. The van der Waals surface area contributed by atoms with E-state index in [9.17, 15) is 19.2 Å². The quantitative estimate of drug-likeness (QED) is 0.728. The van der Waals surface area contributed by atoms with Gasteiger partial charge in [0, 0.05) is 25.2 Å². The highest BCUT2D eigenvalue weighted by Gasteiger charge is 2.56. The molecule has 170 valence electrons. The van der Waals surface area contributed by atoms with Crippen molar-refractivity contribution in [1.29, 1.82) is 5.26 Å². The Morgan fingerprint density at radius 2 is 2.09 bits per heavy atom. The van der Waals surface area contributed by atoms with Crippen molar-refractivity contribution in [2.24, 2.45) is 11.7 Å². The molecule has 1 aromatic carbocycles. The summed E-state index contributed by atoms with van der Waals surface area (Å²) in [5, 5.41) is 9.37. The minimum Gasteiger partial charge on any atom is -0.330 e. The van der Waals surface area contributed by atoms with Crippen LogP contribution in [-0.2, 0) is 16.3 Å². The van der Waals surface area contributed by atoms with Crippen molar-refractivity contribution >= 4 is 11.8 Å². The van der Waals surface area contributed by atoms with Gasteiger partial charge in [0.15, 0.2) is 0 Å². The van der Waals surface area contributed by atoms with Gasteiger partial charge in [0.1, 0.15) is 12.7 Å². The number of nitriles is 1. The van der Waals surface area contributed by atoms with Gasteiger partial charge >= 0.3 is 0 Å². The summed E-state index contributed by atoms with van der Waals surface area (Å²) >= 11 is 0. The van der Waals surface area contributed by atoms with Crippen LogP contribution in [0, 0.1) is 24.2 Å². The molecule has 3 heterocycles. The molecule has 0 spiro atoms. The molecule has 7 nitrogen and oxygen atoms in total. The minimum absolute atomic E-state index is 0.0510. The molecule has 0 aromatic heterocycles. The van der Waals surface area contributed by atoms with Gasteiger partial charge in [0.25, 0.3) is 0 Å². The van der Waals surface area contributed by atoms with Gasteiger partial charge in [-0.05, 0) is 50.2 Å². The predicted molar refractivity (Wildman–Crippen MR) is 116 cm³/mol. The Bertz CT molecular complexity index is 993. The van der Waals surface area contributed by atoms with Crippen molar-refractivity contribution in [3.63, 3.8) is 0 Å². The fraction of sp³-hybridized carbons (Fsp3) is 0.625. The van der Waals surface area contributed by atoms with E-state index in [1.54, 1.807) is 4.90 Å². The molecule has 4 aliphatic rings. The van der Waals surface area contributed by atoms with Crippen LogP contribution in [0.4, 0.5) is 4.39 Å². The SMILES string of the molecule is Cc1cc(CF)cc(C(C)N2C(=O)[C@@H]3C[C@@H]2CN3CC(N)C(=O)N2C(C#N)C[C@@H]3C[C@@H]32)c1. The molecule has 1 saturated carbocycles. The monoisotopic (exact) mass is 439 g/mol. The number of piperidine rings is 1. The van der Waals surface area contributed by atoms with Crippen LogP contribution in [-0.4, -0.2) is 69.8 Å². The molecule has 4 fully saturated rings. The summed E-state index contributed by atoms with van der Waals surface area (Å²) in [4.78, 5) is 31.9. The number of hydrogen-bond acceptors (Lipinski definition) is 5. The van der Waals surface area contributed by atoms with Gasteiger partial charge in [-0.3, -0.25) is 14.5 Å². The van der Waals surface area contributed by atoms with Crippen molar-refractivity contribution in [2.45, 2.75) is 76.0 Å². The number of fused-ring (bicyclic) bond motifs is 3. The lowest BCUT2D eigenvalue weighted by molar-refractivity contribution is -0.141. The number of nitrogens with zero attached hydrogens (tertiary/aromatic N) is 4. The van der Waals surface area contributed by atoms with Crippen LogP contribution in [0.25, 0.3) is 0 Å². The maximum atomic E-state index is 13.2. The summed E-state index contributed by atoms with van der Waals surface area (Å²) < 4.78 is 13.2. The second-order valence-electron chi connectivity index (χ2n) is 9.96. The summed E-state index contributed by atoms with van der Waals surface area (Å²) in [5.41, 5.74) is 8.85. The number of aryl methyl sites for hydroxylation is 1. The molecule has 32 heavy (non-hydrogen) atoms. The van der Waals surface area contributed by atoms with Gasteiger partial charge in [0.2, 0.25) is 11.8 Å². The van der Waals surface area contributed by atoms with Crippen molar-refractivity contribution in [3.8, 4) is 6.07 Å². The number of benzene rings is 1. The van der Waals surface area contributed by atoms with Gasteiger partial charge < -0.3 is 15.5 Å². The summed E-state index contributed by atoms with van der Waals surface area (Å²) in [6.45, 7) is 4.42. The number of nitrogens with two attached hydrogens (primary N) is 1. The molecule has 2 N–H and O–H groups in total. The topological polar surface area (TPSA) is 93.7 Å². The highest BCUT2D eigenvalue weighted by atomic mass is 19.1. The molecule has 1 aliphatic carbocycles. The molecule has 3 aliphatic heterocycles. The summed E-state index contributed by atoms with van der Waals surface area (Å²) in [7, 11) is 0. The third-order valence-corrected chi connectivity index (χ3v) is 7.78. The van der Waals surface area contributed by atoms with E-state index < -0.39 is 12.7 Å². The number of piperazine rings is 1. The van der Waals surface area contributed by atoms with E-state index in [1.165, 1.54) is 0 Å². The average Bonchev–Trinajstić information content (AvgIpc) is 3.11. The normalized spacial score (nSPS) is 32.7. The number of hydrogen-bond donors (Lipinski definition) is 1. The van der Waals surface area contributed by atoms with Crippen LogP contribution >= 0.6 is 0 Å². The van der Waals surface area contributed by atoms with Crippen molar-refractivity contribution < 1.29 is 14.0 Å². The molecule has 2 amide bonds. The smallest absolute Gasteiger partial charge is 0.242 e. The summed E-state index contributed by atoms with van der Waals surface area (Å²) in [6, 6.07) is 6.66. The van der Waals surface area contributed by atoms with Crippen LogP contribution in [0.1, 0.15) is 48.9 Å². The van der Waals surface area contributed by atoms with E-state index in [0.29, 0.717) is 24.6 Å². The third kappa shape index (κ3) is 3.39. The highest BCUT2D eigenvalue weighted by Crippen LogP contribution is 2.48. The van der Waals surface area contributed by atoms with Crippen LogP contribution in [0.5, 0.6) is 0 Å². The number of rotatable bonds is 6. The zero-order chi connectivity index (χ0) is 22.7. The minimum atomic E-state index is -0.730. The molecule has 2 bridgehead atoms. The highest BCUT2D eigenvalue weighted by molar-refractivity contribution is 5.87. The number of carbonyl (C=O) groups is 2. The van der Waals surface area contributed by atoms with Crippen LogP contribution in [0.3, 0.4) is 0 Å². The largest absolute Gasteiger partial charge is 0.330 e. The number of halogens is 1. The fourth-order valence-corrected chi connectivity index (χ4v) is 6.18. The van der Waals surface area contributed by atoms with E-state index in [2.05, 4.69) is 6.07 Å². The van der Waals surface area contributed by atoms with Crippen molar-refractivity contribution in [2.75, 3.05) is 13.1 Å². The average molecular weight is 440 g/mol. The zero-order valence-electron chi connectivity index (χ0n) is 18.6. The molecule has 5 rings (SSSR count). The van der Waals surface area contributed by atoms with Crippen molar-refractivity contribution in [3.05, 3.63) is 34.9 Å². The van der Waals surface area contributed by atoms with Crippen LogP contribution in [0.15, 0.2) is 18.2 Å². The maximum Gasteiger partial charge on any atom is 0.242 e. The molecule has 7 atom stereocenters. The molecular formula is C24H30FN5O2. The molecule has 0 radical (unpaired) electrons. The van der Waals surface area contributed by atoms with E-state index in [1.807, 2.05) is 41.8 Å². The number of carbonyl (C=O) groups excluding carboxylic acids is 2. The molecular weight excluding hydrogens is 409 g/mol. The molecule has 8 heteroatoms. The Kier molecular flexibility index (Phi) is 5.22. The first-order valence-electron chi connectivity index (χ1n) is 11.5. The van der Waals surface area contributed by atoms with Gasteiger partial charge in [-0.25, -0.2) is 4.39 Å². The van der Waals surface area contributed by atoms with Gasteiger partial charge in [-0.15, -0.1) is 0 Å². The third-order valence-electron chi connectivity index (χ3n) is 7.78. The Morgan fingerprint density at radius 1 is 1.31 bits per heavy atom. The fourth-order valence-electron chi connectivity index (χ4n) is 6.18. The number of likely N-dealkylation sites (tertiary alicyclic amines) is 3. The van der Waals surface area contributed by atoms with E-state index >= 15 is 0 Å². The standard InChI is InChI=1S/C24H30FN5O2/c1-13-3-15(9-25)5-16(4-13)14(2)29-19-8-22(24(29)32)28(11-19)12-20(27)23(31)30-18(10-26)6-17-7-21(17)30/h3-5,14,17-22H,6-9,11-12,27H2,1-2H3/t14?,17-,18?,19-,20?,21+,22+/m1/s1. The van der Waals surface area contributed by atoms with Gasteiger partial charge in [0.05, 0.1) is 24.2 Å². The molecule has 1 aromatic rings. The second kappa shape index (κ2) is 7.82. The van der Waals surface area contributed by atoms with Crippen LogP contribution in [0.2, 0.25) is 0 Å².